The minimum absolute atomic E-state index is 0.181. The summed E-state index contributed by atoms with van der Waals surface area (Å²) in [6.07, 6.45) is 0. The van der Waals surface area contributed by atoms with Gasteiger partial charge in [0.2, 0.25) is 0 Å². The summed E-state index contributed by atoms with van der Waals surface area (Å²) in [5.74, 6) is 1.89. The van der Waals surface area contributed by atoms with E-state index in [0.717, 1.165) is 44.9 Å². The molecule has 0 aliphatic rings. The van der Waals surface area contributed by atoms with Gasteiger partial charge in [0, 0.05) is 17.8 Å². The first-order valence-corrected chi connectivity index (χ1v) is 11.1. The summed E-state index contributed by atoms with van der Waals surface area (Å²) in [6, 6.07) is 19.6. The van der Waals surface area contributed by atoms with E-state index in [1.165, 1.54) is 0 Å². The van der Waals surface area contributed by atoms with Gasteiger partial charge in [0.25, 0.3) is 0 Å². The number of benzene rings is 4. The Morgan fingerprint density at radius 3 is 1.56 bits per heavy atom. The van der Waals surface area contributed by atoms with Crippen LogP contribution >= 0.6 is 0 Å². The summed E-state index contributed by atoms with van der Waals surface area (Å²) in [6.45, 7) is 9.86. The Balaban J connectivity index is 1.82. The van der Waals surface area contributed by atoms with E-state index in [-0.39, 0.29) is 17.2 Å². The van der Waals surface area contributed by atoms with Crippen LogP contribution in [0.1, 0.15) is 27.8 Å². The maximum Gasteiger partial charge on any atom is 0.130 e. The molecular formula is C29H29NO4. The quantitative estimate of drug-likeness (QED) is 0.289. The van der Waals surface area contributed by atoms with Crippen LogP contribution in [0.15, 0.2) is 66.7 Å². The summed E-state index contributed by atoms with van der Waals surface area (Å²) < 4.78 is 6.02. The van der Waals surface area contributed by atoms with Crippen molar-refractivity contribution in [1.29, 1.82) is 0 Å². The molecule has 0 aromatic heterocycles. The van der Waals surface area contributed by atoms with Crippen LogP contribution in [-0.2, 0) is 0 Å². The van der Waals surface area contributed by atoms with E-state index in [1.807, 2.05) is 63.8 Å². The molecule has 0 amide bonds. The summed E-state index contributed by atoms with van der Waals surface area (Å²) >= 11 is 0. The molecule has 4 aromatic carbocycles. The average molecular weight is 456 g/mol. The SMILES string of the molecule is Cc1cc(O)ccc1Oc1ccc(N(c2cc(O)cc(C)c2C)c2cc(O)cc(C)c2C)cc1. The number of phenolic OH excluding ortho intramolecular Hbond substituents is 3. The molecule has 0 aliphatic carbocycles. The summed E-state index contributed by atoms with van der Waals surface area (Å²) in [5, 5.41) is 30.4. The molecule has 0 unspecified atom stereocenters. The second-order valence-electron chi connectivity index (χ2n) is 8.69. The van der Waals surface area contributed by atoms with E-state index >= 15 is 0 Å². The van der Waals surface area contributed by atoms with Crippen LogP contribution in [0, 0.1) is 34.6 Å². The zero-order valence-corrected chi connectivity index (χ0v) is 20.0. The highest BCUT2D eigenvalue weighted by atomic mass is 16.5. The van der Waals surface area contributed by atoms with Gasteiger partial charge in [-0.15, -0.1) is 0 Å². The van der Waals surface area contributed by atoms with Crippen LogP contribution in [0.3, 0.4) is 0 Å². The van der Waals surface area contributed by atoms with Crippen LogP contribution in [0.5, 0.6) is 28.7 Å². The Kier molecular flexibility index (Phi) is 6.12. The zero-order chi connectivity index (χ0) is 24.6. The van der Waals surface area contributed by atoms with Gasteiger partial charge in [0.1, 0.15) is 28.7 Å². The summed E-state index contributed by atoms with van der Waals surface area (Å²) in [4.78, 5) is 2.04. The van der Waals surface area contributed by atoms with E-state index in [2.05, 4.69) is 0 Å². The molecule has 0 aliphatic heterocycles. The van der Waals surface area contributed by atoms with E-state index in [0.29, 0.717) is 11.5 Å². The highest BCUT2D eigenvalue weighted by Crippen LogP contribution is 2.43. The van der Waals surface area contributed by atoms with Gasteiger partial charge in [0.15, 0.2) is 0 Å². The van der Waals surface area contributed by atoms with Crippen molar-refractivity contribution in [2.45, 2.75) is 34.6 Å². The largest absolute Gasteiger partial charge is 0.508 e. The first kappa shape index (κ1) is 23.1. The maximum absolute atomic E-state index is 10.4. The molecule has 5 heteroatoms. The average Bonchev–Trinajstić information content (AvgIpc) is 2.78. The first-order chi connectivity index (χ1) is 16.1. The Morgan fingerprint density at radius 2 is 1.06 bits per heavy atom. The molecule has 0 saturated carbocycles. The molecule has 4 aromatic rings. The first-order valence-electron chi connectivity index (χ1n) is 11.1. The van der Waals surface area contributed by atoms with Crippen molar-refractivity contribution in [2.75, 3.05) is 4.90 Å². The predicted molar refractivity (Wildman–Crippen MR) is 136 cm³/mol. The Morgan fingerprint density at radius 1 is 0.559 bits per heavy atom. The Hall–Kier alpha value is -4.12. The van der Waals surface area contributed by atoms with Crippen LogP contribution in [0.25, 0.3) is 0 Å². The Labute approximate surface area is 200 Å². The third kappa shape index (κ3) is 4.50. The van der Waals surface area contributed by atoms with Crippen LogP contribution in [0.4, 0.5) is 17.1 Å². The molecule has 4 rings (SSSR count). The van der Waals surface area contributed by atoms with Crippen LogP contribution in [0.2, 0.25) is 0 Å². The lowest BCUT2D eigenvalue weighted by Crippen LogP contribution is -2.13. The molecule has 0 saturated heterocycles. The summed E-state index contributed by atoms with van der Waals surface area (Å²) in [7, 11) is 0. The van der Waals surface area contributed by atoms with E-state index in [4.69, 9.17) is 4.74 Å². The lowest BCUT2D eigenvalue weighted by molar-refractivity contribution is 0.461. The van der Waals surface area contributed by atoms with E-state index < -0.39 is 0 Å². The molecule has 0 spiro atoms. The molecule has 0 bridgehead atoms. The lowest BCUT2D eigenvalue weighted by atomic mass is 10.0. The van der Waals surface area contributed by atoms with Gasteiger partial charge in [-0.05, 0) is 117 Å². The van der Waals surface area contributed by atoms with Crippen molar-refractivity contribution in [2.24, 2.45) is 0 Å². The molecule has 34 heavy (non-hydrogen) atoms. The molecular weight excluding hydrogens is 426 g/mol. The molecule has 0 fully saturated rings. The maximum atomic E-state index is 10.4. The second kappa shape index (κ2) is 9.02. The van der Waals surface area contributed by atoms with Crippen molar-refractivity contribution in [3.63, 3.8) is 0 Å². The van der Waals surface area contributed by atoms with E-state index in [1.54, 1.807) is 42.5 Å². The molecule has 0 atom stereocenters. The number of phenols is 3. The number of hydrogen-bond donors (Lipinski definition) is 3. The minimum Gasteiger partial charge on any atom is -0.508 e. The van der Waals surface area contributed by atoms with Gasteiger partial charge in [0.05, 0.1) is 11.4 Å². The van der Waals surface area contributed by atoms with Crippen molar-refractivity contribution < 1.29 is 20.1 Å². The van der Waals surface area contributed by atoms with Crippen molar-refractivity contribution in [1.82, 2.24) is 0 Å². The molecule has 5 nitrogen and oxygen atoms in total. The van der Waals surface area contributed by atoms with Gasteiger partial charge in [-0.3, -0.25) is 0 Å². The van der Waals surface area contributed by atoms with Crippen molar-refractivity contribution >= 4 is 17.1 Å². The second-order valence-corrected chi connectivity index (χ2v) is 8.69. The third-order valence-electron chi connectivity index (χ3n) is 6.21. The Bertz CT molecular complexity index is 1300. The number of aromatic hydroxyl groups is 3. The van der Waals surface area contributed by atoms with Crippen LogP contribution in [-0.4, -0.2) is 15.3 Å². The number of aryl methyl sites for hydroxylation is 3. The number of nitrogens with zero attached hydrogens (tertiary/aromatic N) is 1. The summed E-state index contributed by atoms with van der Waals surface area (Å²) in [5.41, 5.74) is 7.34. The molecule has 174 valence electrons. The van der Waals surface area contributed by atoms with Crippen molar-refractivity contribution in [3.8, 4) is 28.7 Å². The normalized spacial score (nSPS) is 10.9. The predicted octanol–water partition coefficient (Wildman–Crippen LogP) is 7.61. The fourth-order valence-electron chi connectivity index (χ4n) is 4.05. The van der Waals surface area contributed by atoms with Gasteiger partial charge in [-0.25, -0.2) is 0 Å². The highest BCUT2D eigenvalue weighted by molar-refractivity contribution is 5.82. The number of ether oxygens (including phenoxy) is 1. The van der Waals surface area contributed by atoms with Gasteiger partial charge in [-0.1, -0.05) is 0 Å². The van der Waals surface area contributed by atoms with Gasteiger partial charge in [-0.2, -0.15) is 0 Å². The molecule has 0 heterocycles. The number of anilines is 3. The van der Waals surface area contributed by atoms with Crippen molar-refractivity contribution in [3.05, 3.63) is 94.5 Å². The monoisotopic (exact) mass is 455 g/mol. The zero-order valence-electron chi connectivity index (χ0n) is 20.0. The molecule has 0 radical (unpaired) electrons. The lowest BCUT2D eigenvalue weighted by Gasteiger charge is -2.30. The number of rotatable bonds is 5. The van der Waals surface area contributed by atoms with Gasteiger partial charge >= 0.3 is 0 Å². The van der Waals surface area contributed by atoms with Gasteiger partial charge < -0.3 is 25.0 Å². The molecule has 3 N–H and O–H groups in total. The smallest absolute Gasteiger partial charge is 0.130 e. The fraction of sp³-hybridized carbons (Fsp3) is 0.172. The topological polar surface area (TPSA) is 73.2 Å². The fourth-order valence-corrected chi connectivity index (χ4v) is 4.05. The third-order valence-corrected chi connectivity index (χ3v) is 6.21. The highest BCUT2D eigenvalue weighted by Gasteiger charge is 2.20. The number of hydrogen-bond acceptors (Lipinski definition) is 5. The van der Waals surface area contributed by atoms with Crippen LogP contribution < -0.4 is 9.64 Å². The van der Waals surface area contributed by atoms with E-state index in [9.17, 15) is 15.3 Å². The minimum atomic E-state index is 0.181. The standard InChI is InChI=1S/C29H29NO4/c1-17-12-24(32)15-27(20(17)4)30(28-16-25(33)13-18(2)21(28)5)22-6-9-26(10-7-22)34-29-11-8-23(31)14-19(29)3/h6-16,31-33H,1-5H3.